The van der Waals surface area contributed by atoms with Gasteiger partial charge in [0.25, 0.3) is 11.8 Å². The summed E-state index contributed by atoms with van der Waals surface area (Å²) in [5, 5.41) is 9.00. The number of benzene rings is 1. The van der Waals surface area contributed by atoms with Crippen molar-refractivity contribution in [1.29, 1.82) is 0 Å². The molecule has 0 atom stereocenters. The number of nitrogens with zero attached hydrogens (tertiary/aromatic N) is 1. The van der Waals surface area contributed by atoms with Gasteiger partial charge in [-0.3, -0.25) is 9.59 Å². The number of rotatable bonds is 7. The largest absolute Gasteiger partial charge is 0.370 e. The number of hydrogen-bond donors (Lipinski definition) is 3. The monoisotopic (exact) mass is 352 g/mol. The summed E-state index contributed by atoms with van der Waals surface area (Å²) >= 11 is 0. The highest BCUT2D eigenvalue weighted by Crippen LogP contribution is 2.22. The Kier molecular flexibility index (Phi) is 5.51. The van der Waals surface area contributed by atoms with Crippen LogP contribution in [0.1, 0.15) is 52.5 Å². The Hall–Kier alpha value is -2.89. The third-order valence-corrected chi connectivity index (χ3v) is 4.24. The molecule has 1 saturated carbocycles. The normalized spacial score (nSPS) is 13.2. The summed E-state index contributed by atoms with van der Waals surface area (Å²) in [5.41, 5.74) is 2.55. The quantitative estimate of drug-likeness (QED) is 0.713. The SMILES string of the molecule is CCCNc1ccc(C(=O)Nc2cc(C(=O)NC3CC3)ccc2C)cn1. The van der Waals surface area contributed by atoms with Crippen LogP contribution in [-0.4, -0.2) is 29.4 Å². The van der Waals surface area contributed by atoms with Crippen LogP contribution in [0.25, 0.3) is 0 Å². The van der Waals surface area contributed by atoms with Crippen molar-refractivity contribution in [1.82, 2.24) is 10.3 Å². The minimum Gasteiger partial charge on any atom is -0.370 e. The highest BCUT2D eigenvalue weighted by Gasteiger charge is 2.24. The summed E-state index contributed by atoms with van der Waals surface area (Å²) in [5.74, 6) is 0.400. The number of aromatic nitrogens is 1. The standard InChI is InChI=1S/C20H24N4O2/c1-3-10-21-18-9-6-15(12-22-18)20(26)24-17-11-14(5-4-13(17)2)19(25)23-16-7-8-16/h4-6,9,11-12,16H,3,7-8,10H2,1-2H3,(H,21,22)(H,23,25)(H,24,26). The molecule has 0 unspecified atom stereocenters. The van der Waals surface area contributed by atoms with E-state index in [0.717, 1.165) is 37.2 Å². The number of carbonyl (C=O) groups is 2. The molecule has 0 spiro atoms. The zero-order valence-corrected chi connectivity index (χ0v) is 15.1. The lowest BCUT2D eigenvalue weighted by Gasteiger charge is -2.11. The lowest BCUT2D eigenvalue weighted by molar-refractivity contribution is 0.0949. The van der Waals surface area contributed by atoms with E-state index < -0.39 is 0 Å². The van der Waals surface area contributed by atoms with Crippen LogP contribution in [0, 0.1) is 6.92 Å². The number of amides is 2. The Morgan fingerprint density at radius 2 is 1.88 bits per heavy atom. The predicted octanol–water partition coefficient (Wildman–Crippen LogP) is 3.36. The summed E-state index contributed by atoms with van der Waals surface area (Å²) < 4.78 is 0. The number of carbonyl (C=O) groups excluding carboxylic acids is 2. The van der Waals surface area contributed by atoms with Crippen molar-refractivity contribution in [2.75, 3.05) is 17.2 Å². The molecule has 1 fully saturated rings. The van der Waals surface area contributed by atoms with Crippen LogP contribution in [0.5, 0.6) is 0 Å². The highest BCUT2D eigenvalue weighted by atomic mass is 16.2. The van der Waals surface area contributed by atoms with Gasteiger partial charge in [-0.15, -0.1) is 0 Å². The molecule has 0 radical (unpaired) electrons. The second kappa shape index (κ2) is 7.99. The maximum atomic E-state index is 12.5. The molecule has 1 aromatic carbocycles. The van der Waals surface area contributed by atoms with Crippen LogP contribution in [-0.2, 0) is 0 Å². The van der Waals surface area contributed by atoms with Crippen molar-refractivity contribution in [3.8, 4) is 0 Å². The molecule has 0 bridgehead atoms. The van der Waals surface area contributed by atoms with Gasteiger partial charge < -0.3 is 16.0 Å². The molecule has 1 aromatic heterocycles. The zero-order chi connectivity index (χ0) is 18.5. The average molecular weight is 352 g/mol. The van der Waals surface area contributed by atoms with Crippen molar-refractivity contribution < 1.29 is 9.59 Å². The van der Waals surface area contributed by atoms with Crippen molar-refractivity contribution in [2.24, 2.45) is 0 Å². The van der Waals surface area contributed by atoms with Crippen molar-refractivity contribution >= 4 is 23.3 Å². The minimum atomic E-state index is -0.248. The Morgan fingerprint density at radius 3 is 2.54 bits per heavy atom. The Morgan fingerprint density at radius 1 is 1.12 bits per heavy atom. The zero-order valence-electron chi connectivity index (χ0n) is 15.1. The van der Waals surface area contributed by atoms with Gasteiger partial charge in [0.1, 0.15) is 5.82 Å². The average Bonchev–Trinajstić information content (AvgIpc) is 3.46. The second-order valence-electron chi connectivity index (χ2n) is 6.59. The number of anilines is 2. The third-order valence-electron chi connectivity index (χ3n) is 4.24. The van der Waals surface area contributed by atoms with Crippen LogP contribution in [0.15, 0.2) is 36.5 Å². The van der Waals surface area contributed by atoms with Crippen molar-refractivity contribution in [3.63, 3.8) is 0 Å². The molecule has 1 heterocycles. The van der Waals surface area contributed by atoms with Gasteiger partial charge in [0, 0.05) is 30.0 Å². The molecule has 2 aromatic rings. The number of hydrogen-bond acceptors (Lipinski definition) is 4. The second-order valence-corrected chi connectivity index (χ2v) is 6.59. The number of pyridine rings is 1. The van der Waals surface area contributed by atoms with E-state index in [2.05, 4.69) is 27.9 Å². The van der Waals surface area contributed by atoms with E-state index >= 15 is 0 Å². The predicted molar refractivity (Wildman–Crippen MR) is 103 cm³/mol. The lowest BCUT2D eigenvalue weighted by Crippen LogP contribution is -2.25. The van der Waals surface area contributed by atoms with Gasteiger partial charge in [-0.2, -0.15) is 0 Å². The summed E-state index contributed by atoms with van der Waals surface area (Å²) in [7, 11) is 0. The molecule has 3 N–H and O–H groups in total. The van der Waals surface area contributed by atoms with E-state index in [9.17, 15) is 9.59 Å². The van der Waals surface area contributed by atoms with Crippen molar-refractivity contribution in [2.45, 2.75) is 39.2 Å². The molecular weight excluding hydrogens is 328 g/mol. The molecule has 0 saturated heterocycles. The molecule has 0 aliphatic heterocycles. The van der Waals surface area contributed by atoms with Gasteiger partial charge in [-0.25, -0.2) is 4.98 Å². The Bertz CT molecular complexity index is 798. The van der Waals surface area contributed by atoms with Gasteiger partial charge in [0.15, 0.2) is 0 Å². The van der Waals surface area contributed by atoms with E-state index in [4.69, 9.17) is 0 Å². The first-order chi connectivity index (χ1) is 12.6. The van der Waals surface area contributed by atoms with Crippen molar-refractivity contribution in [3.05, 3.63) is 53.2 Å². The summed E-state index contributed by atoms with van der Waals surface area (Å²) in [6.07, 6.45) is 4.63. The van der Waals surface area contributed by atoms with Crippen LogP contribution < -0.4 is 16.0 Å². The Labute approximate surface area is 153 Å². The smallest absolute Gasteiger partial charge is 0.257 e. The first kappa shape index (κ1) is 17.9. The third kappa shape index (κ3) is 4.59. The number of nitrogens with one attached hydrogen (secondary N) is 3. The fourth-order valence-corrected chi connectivity index (χ4v) is 2.47. The van der Waals surface area contributed by atoms with E-state index in [-0.39, 0.29) is 11.8 Å². The van der Waals surface area contributed by atoms with Gasteiger partial charge in [0.05, 0.1) is 5.56 Å². The first-order valence-electron chi connectivity index (χ1n) is 8.99. The first-order valence-corrected chi connectivity index (χ1v) is 8.99. The summed E-state index contributed by atoms with van der Waals surface area (Å²) in [6, 6.07) is 9.16. The molecule has 2 amide bonds. The van der Waals surface area contributed by atoms with Gasteiger partial charge >= 0.3 is 0 Å². The van der Waals surface area contributed by atoms with Crippen LogP contribution >= 0.6 is 0 Å². The maximum Gasteiger partial charge on any atom is 0.257 e. The van der Waals surface area contributed by atoms with E-state index in [1.54, 1.807) is 30.5 Å². The van der Waals surface area contributed by atoms with E-state index in [0.29, 0.717) is 22.9 Å². The molecule has 1 aliphatic rings. The minimum absolute atomic E-state index is 0.101. The summed E-state index contributed by atoms with van der Waals surface area (Å²) in [6.45, 7) is 4.82. The van der Waals surface area contributed by atoms with E-state index in [1.165, 1.54) is 0 Å². The summed E-state index contributed by atoms with van der Waals surface area (Å²) in [4.78, 5) is 28.9. The number of aryl methyl sites for hydroxylation is 1. The van der Waals surface area contributed by atoms with Gasteiger partial charge in [0.2, 0.25) is 0 Å². The van der Waals surface area contributed by atoms with Gasteiger partial charge in [-0.05, 0) is 56.0 Å². The highest BCUT2D eigenvalue weighted by molar-refractivity contribution is 6.05. The fourth-order valence-electron chi connectivity index (χ4n) is 2.47. The fraction of sp³-hybridized carbons (Fsp3) is 0.350. The molecule has 6 heteroatoms. The molecule has 26 heavy (non-hydrogen) atoms. The molecular formula is C20H24N4O2. The molecule has 6 nitrogen and oxygen atoms in total. The molecule has 136 valence electrons. The maximum absolute atomic E-state index is 12.5. The lowest BCUT2D eigenvalue weighted by atomic mass is 10.1. The molecule has 3 rings (SSSR count). The van der Waals surface area contributed by atoms with Gasteiger partial charge in [-0.1, -0.05) is 13.0 Å². The molecule has 1 aliphatic carbocycles. The van der Waals surface area contributed by atoms with Crippen LogP contribution in [0.4, 0.5) is 11.5 Å². The Balaban J connectivity index is 1.68. The van der Waals surface area contributed by atoms with E-state index in [1.807, 2.05) is 13.0 Å². The topological polar surface area (TPSA) is 83.1 Å². The van der Waals surface area contributed by atoms with Crippen LogP contribution in [0.3, 0.4) is 0 Å². The van der Waals surface area contributed by atoms with Crippen LogP contribution in [0.2, 0.25) is 0 Å².